The largest absolute Gasteiger partial charge is 0.476 e. The van der Waals surface area contributed by atoms with Gasteiger partial charge in [-0.15, -0.1) is 0 Å². The van der Waals surface area contributed by atoms with Gasteiger partial charge in [-0.25, -0.2) is 14.8 Å². The summed E-state index contributed by atoms with van der Waals surface area (Å²) >= 11 is 0. The van der Waals surface area contributed by atoms with E-state index in [4.69, 9.17) is 5.11 Å². The van der Waals surface area contributed by atoms with Crippen molar-refractivity contribution in [1.82, 2.24) is 9.97 Å². The zero-order chi connectivity index (χ0) is 12.8. The third-order valence-electron chi connectivity index (χ3n) is 4.53. The molecule has 1 aliphatic heterocycles. The molecule has 1 aromatic rings. The summed E-state index contributed by atoms with van der Waals surface area (Å²) in [5, 5.41) is 8.76. The maximum Gasteiger partial charge on any atom is 0.356 e. The molecule has 2 aliphatic rings. The summed E-state index contributed by atoms with van der Waals surface area (Å²) in [4.78, 5) is 20.9. The lowest BCUT2D eigenvalue weighted by Gasteiger charge is -2.44. The van der Waals surface area contributed by atoms with Crippen molar-refractivity contribution in [3.8, 4) is 0 Å². The van der Waals surface area contributed by atoms with Gasteiger partial charge in [-0.3, -0.25) is 0 Å². The van der Waals surface area contributed by atoms with Crippen LogP contribution in [0.15, 0.2) is 12.4 Å². The zero-order valence-corrected chi connectivity index (χ0v) is 10.5. The Kier molecular flexibility index (Phi) is 2.50. The Balaban J connectivity index is 1.63. The van der Waals surface area contributed by atoms with E-state index in [1.807, 2.05) is 0 Å². The molecule has 5 heteroatoms. The van der Waals surface area contributed by atoms with Gasteiger partial charge in [0.25, 0.3) is 0 Å². The normalized spacial score (nSPS) is 21.5. The molecule has 96 valence electrons. The first-order chi connectivity index (χ1) is 8.64. The summed E-state index contributed by atoms with van der Waals surface area (Å²) in [5.41, 5.74) is 0.605. The highest BCUT2D eigenvalue weighted by Gasteiger charge is 2.52. The number of carboxylic acids is 1. The molecule has 0 aromatic carbocycles. The van der Waals surface area contributed by atoms with Crippen LogP contribution >= 0.6 is 0 Å². The van der Waals surface area contributed by atoms with E-state index in [9.17, 15) is 4.79 Å². The third-order valence-corrected chi connectivity index (χ3v) is 4.53. The van der Waals surface area contributed by atoms with Crippen LogP contribution in [0.1, 0.15) is 36.7 Å². The van der Waals surface area contributed by atoms with Crippen molar-refractivity contribution >= 4 is 11.8 Å². The third kappa shape index (κ3) is 1.74. The maximum absolute atomic E-state index is 10.7. The molecular formula is C13H17N3O2. The van der Waals surface area contributed by atoms with Gasteiger partial charge in [0.15, 0.2) is 5.69 Å². The van der Waals surface area contributed by atoms with Crippen molar-refractivity contribution in [2.24, 2.45) is 11.3 Å². The lowest BCUT2D eigenvalue weighted by Crippen LogP contribution is -2.51. The lowest BCUT2D eigenvalue weighted by molar-refractivity contribution is 0.0690. The number of hydrogen-bond donors (Lipinski definition) is 1. The SMILES string of the molecule is CCC1(C2CN(c3cnc(C(=O)O)cn3)C2)CC1. The summed E-state index contributed by atoms with van der Waals surface area (Å²) in [6.45, 7) is 4.35. The van der Waals surface area contributed by atoms with Gasteiger partial charge >= 0.3 is 5.97 Å². The first-order valence-electron chi connectivity index (χ1n) is 6.45. The van der Waals surface area contributed by atoms with Gasteiger partial charge in [0, 0.05) is 13.1 Å². The van der Waals surface area contributed by atoms with Gasteiger partial charge < -0.3 is 10.0 Å². The number of rotatable bonds is 4. The molecule has 0 bridgehead atoms. The van der Waals surface area contributed by atoms with E-state index < -0.39 is 5.97 Å². The Morgan fingerprint density at radius 2 is 2.17 bits per heavy atom. The molecule has 3 rings (SSSR count). The van der Waals surface area contributed by atoms with Crippen LogP contribution in [0.4, 0.5) is 5.82 Å². The molecule has 1 saturated heterocycles. The molecule has 0 radical (unpaired) electrons. The first-order valence-corrected chi connectivity index (χ1v) is 6.45. The molecule has 2 fully saturated rings. The molecule has 1 aliphatic carbocycles. The van der Waals surface area contributed by atoms with E-state index in [1.165, 1.54) is 25.5 Å². The van der Waals surface area contributed by atoms with E-state index in [-0.39, 0.29) is 5.69 Å². The molecule has 0 unspecified atom stereocenters. The fourth-order valence-corrected chi connectivity index (χ4v) is 2.86. The van der Waals surface area contributed by atoms with Crippen molar-refractivity contribution < 1.29 is 9.90 Å². The fourth-order valence-electron chi connectivity index (χ4n) is 2.86. The highest BCUT2D eigenvalue weighted by Crippen LogP contribution is 2.57. The number of hydrogen-bond acceptors (Lipinski definition) is 4. The van der Waals surface area contributed by atoms with E-state index in [2.05, 4.69) is 21.8 Å². The Bertz CT molecular complexity index is 462. The predicted octanol–water partition coefficient (Wildman–Crippen LogP) is 1.80. The van der Waals surface area contributed by atoms with Crippen LogP contribution in [0.2, 0.25) is 0 Å². The minimum atomic E-state index is -1.03. The van der Waals surface area contributed by atoms with E-state index in [1.54, 1.807) is 6.20 Å². The van der Waals surface area contributed by atoms with Gasteiger partial charge in [0.05, 0.1) is 12.4 Å². The Morgan fingerprint density at radius 1 is 1.44 bits per heavy atom. The summed E-state index contributed by atoms with van der Waals surface area (Å²) in [5.74, 6) is 0.546. The average Bonchev–Trinajstić information content (AvgIpc) is 3.09. The Hall–Kier alpha value is -1.65. The van der Waals surface area contributed by atoms with Crippen molar-refractivity contribution in [1.29, 1.82) is 0 Å². The quantitative estimate of drug-likeness (QED) is 0.878. The minimum absolute atomic E-state index is 0.00282. The second-order valence-corrected chi connectivity index (χ2v) is 5.38. The van der Waals surface area contributed by atoms with Crippen LogP contribution in [0.25, 0.3) is 0 Å². The lowest BCUT2D eigenvalue weighted by atomic mass is 9.81. The summed E-state index contributed by atoms with van der Waals surface area (Å²) in [6, 6.07) is 0. The van der Waals surface area contributed by atoms with Crippen molar-refractivity contribution in [2.75, 3.05) is 18.0 Å². The van der Waals surface area contributed by atoms with Gasteiger partial charge in [-0.05, 0) is 24.2 Å². The van der Waals surface area contributed by atoms with Crippen LogP contribution in [0.3, 0.4) is 0 Å². The number of carboxylic acid groups (broad SMARTS) is 1. The number of nitrogens with zero attached hydrogens (tertiary/aromatic N) is 3. The summed E-state index contributed by atoms with van der Waals surface area (Å²) < 4.78 is 0. The van der Waals surface area contributed by atoms with Crippen molar-refractivity contribution in [2.45, 2.75) is 26.2 Å². The second-order valence-electron chi connectivity index (χ2n) is 5.38. The van der Waals surface area contributed by atoms with Gasteiger partial charge in [-0.2, -0.15) is 0 Å². The first kappa shape index (κ1) is 11.4. The van der Waals surface area contributed by atoms with Crippen LogP contribution in [-0.2, 0) is 0 Å². The zero-order valence-electron chi connectivity index (χ0n) is 10.5. The van der Waals surface area contributed by atoms with Gasteiger partial charge in [0.1, 0.15) is 5.82 Å². The highest BCUT2D eigenvalue weighted by molar-refractivity contribution is 5.84. The molecule has 0 spiro atoms. The number of carbonyl (C=O) groups is 1. The van der Waals surface area contributed by atoms with Crippen LogP contribution in [0.5, 0.6) is 0 Å². The highest BCUT2D eigenvalue weighted by atomic mass is 16.4. The Morgan fingerprint density at radius 3 is 2.61 bits per heavy atom. The minimum Gasteiger partial charge on any atom is -0.476 e. The van der Waals surface area contributed by atoms with Crippen molar-refractivity contribution in [3.63, 3.8) is 0 Å². The molecule has 1 saturated carbocycles. The molecule has 0 atom stereocenters. The maximum atomic E-state index is 10.7. The fraction of sp³-hybridized carbons (Fsp3) is 0.615. The molecule has 1 aromatic heterocycles. The standard InChI is InChI=1S/C13H17N3O2/c1-2-13(3-4-13)9-7-16(8-9)11-6-14-10(5-15-11)12(17)18/h5-6,9H,2-4,7-8H2,1H3,(H,17,18). The van der Waals surface area contributed by atoms with Crippen LogP contribution in [-0.4, -0.2) is 34.1 Å². The molecular weight excluding hydrogens is 230 g/mol. The van der Waals surface area contributed by atoms with E-state index >= 15 is 0 Å². The monoisotopic (exact) mass is 247 g/mol. The van der Waals surface area contributed by atoms with Crippen LogP contribution in [0, 0.1) is 11.3 Å². The second kappa shape index (κ2) is 3.93. The topological polar surface area (TPSA) is 66.3 Å². The number of aromatic carboxylic acids is 1. The number of anilines is 1. The summed E-state index contributed by atoms with van der Waals surface area (Å²) in [6.07, 6.45) is 6.90. The average molecular weight is 247 g/mol. The molecule has 0 amide bonds. The van der Waals surface area contributed by atoms with E-state index in [0.717, 1.165) is 24.8 Å². The van der Waals surface area contributed by atoms with Gasteiger partial charge in [0.2, 0.25) is 0 Å². The molecule has 5 nitrogen and oxygen atoms in total. The smallest absolute Gasteiger partial charge is 0.356 e. The molecule has 1 N–H and O–H groups in total. The van der Waals surface area contributed by atoms with Crippen molar-refractivity contribution in [3.05, 3.63) is 18.1 Å². The molecule has 18 heavy (non-hydrogen) atoms. The van der Waals surface area contributed by atoms with E-state index in [0.29, 0.717) is 5.41 Å². The Labute approximate surface area is 106 Å². The predicted molar refractivity (Wildman–Crippen MR) is 66.7 cm³/mol. The van der Waals surface area contributed by atoms with Gasteiger partial charge in [-0.1, -0.05) is 13.3 Å². The number of aromatic nitrogens is 2. The summed E-state index contributed by atoms with van der Waals surface area (Å²) in [7, 11) is 0. The molecule has 2 heterocycles. The van der Waals surface area contributed by atoms with Crippen LogP contribution < -0.4 is 4.90 Å².